The van der Waals surface area contributed by atoms with Crippen LogP contribution in [0.3, 0.4) is 0 Å². The van der Waals surface area contributed by atoms with Gasteiger partial charge in [0.1, 0.15) is 16.9 Å². The van der Waals surface area contributed by atoms with Crippen molar-refractivity contribution in [2.75, 3.05) is 5.32 Å². The topological polar surface area (TPSA) is 54.3 Å². The number of fused-ring (bicyclic) bond motifs is 3. The van der Waals surface area contributed by atoms with Crippen LogP contribution >= 0.6 is 11.3 Å². The van der Waals surface area contributed by atoms with Gasteiger partial charge in [0.05, 0.1) is 11.8 Å². The maximum atomic E-state index is 12.7. The van der Waals surface area contributed by atoms with E-state index in [1.54, 1.807) is 17.6 Å². The molecule has 2 aliphatic rings. The smallest absolute Gasteiger partial charge is 0.256 e. The number of hydrogen-bond acceptors (Lipinski definition) is 4. The monoisotopic (exact) mass is 370 g/mol. The highest BCUT2D eigenvalue weighted by molar-refractivity contribution is 7.16. The number of amides is 1. The first kappa shape index (κ1) is 17.4. The standard InChI is InChI=1S/C21H26N2O2S/c1-4-21(2,3)13-7-9-15-16(12-13)26-20-18(15)19(24)22-17(23-20)10-8-14-6-5-11-25-14/h5-6,8,10-11,13,17,23H,4,7,9,12H2,1-3H3,(H,22,24)/b10-8+/t13-,17+/m0/s1. The molecule has 0 unspecified atom stereocenters. The van der Waals surface area contributed by atoms with Crippen molar-refractivity contribution in [3.05, 3.63) is 46.2 Å². The average Bonchev–Trinajstić information content (AvgIpc) is 3.26. The highest BCUT2D eigenvalue weighted by Gasteiger charge is 2.36. The van der Waals surface area contributed by atoms with Gasteiger partial charge in [0, 0.05) is 4.88 Å². The zero-order chi connectivity index (χ0) is 18.3. The fourth-order valence-electron chi connectivity index (χ4n) is 3.95. The van der Waals surface area contributed by atoms with Gasteiger partial charge in [-0.2, -0.15) is 0 Å². The Kier molecular flexibility index (Phi) is 4.43. The van der Waals surface area contributed by atoms with Crippen molar-refractivity contribution in [2.45, 2.75) is 52.6 Å². The number of carbonyl (C=O) groups excluding carboxylic acids is 1. The number of carbonyl (C=O) groups is 1. The fraction of sp³-hybridized carbons (Fsp3) is 0.476. The van der Waals surface area contributed by atoms with E-state index >= 15 is 0 Å². The van der Waals surface area contributed by atoms with Crippen molar-refractivity contribution in [1.82, 2.24) is 5.32 Å². The number of nitrogens with one attached hydrogen (secondary N) is 2. The third-order valence-electron chi connectivity index (χ3n) is 6.08. The predicted octanol–water partition coefficient (Wildman–Crippen LogP) is 5.08. The second-order valence-electron chi connectivity index (χ2n) is 7.96. The normalized spacial score (nSPS) is 22.7. The summed E-state index contributed by atoms with van der Waals surface area (Å²) >= 11 is 1.77. The van der Waals surface area contributed by atoms with Gasteiger partial charge in [-0.05, 0) is 60.4 Å². The van der Waals surface area contributed by atoms with Crippen molar-refractivity contribution in [1.29, 1.82) is 0 Å². The van der Waals surface area contributed by atoms with E-state index in [-0.39, 0.29) is 12.1 Å². The van der Waals surface area contributed by atoms with Crippen molar-refractivity contribution in [2.24, 2.45) is 11.3 Å². The second-order valence-corrected chi connectivity index (χ2v) is 9.06. The van der Waals surface area contributed by atoms with E-state index in [9.17, 15) is 4.79 Å². The molecule has 138 valence electrons. The Morgan fingerprint density at radius 1 is 1.38 bits per heavy atom. The Hall–Kier alpha value is -2.01. The summed E-state index contributed by atoms with van der Waals surface area (Å²) in [6.45, 7) is 7.02. The third kappa shape index (κ3) is 3.09. The minimum atomic E-state index is -0.205. The van der Waals surface area contributed by atoms with Crippen LogP contribution in [0.15, 0.2) is 28.9 Å². The molecule has 4 rings (SSSR count). The zero-order valence-corrected chi connectivity index (χ0v) is 16.4. The van der Waals surface area contributed by atoms with E-state index in [1.165, 1.54) is 23.3 Å². The Bertz CT molecular complexity index is 833. The summed E-state index contributed by atoms with van der Waals surface area (Å²) in [4.78, 5) is 14.1. The third-order valence-corrected chi connectivity index (χ3v) is 7.26. The molecular formula is C21H26N2O2S. The van der Waals surface area contributed by atoms with E-state index in [0.29, 0.717) is 11.3 Å². The van der Waals surface area contributed by atoms with Gasteiger partial charge in [-0.25, -0.2) is 0 Å². The van der Waals surface area contributed by atoms with Gasteiger partial charge in [0.15, 0.2) is 0 Å². The first-order valence-corrected chi connectivity index (χ1v) is 10.2. The largest absolute Gasteiger partial charge is 0.465 e. The van der Waals surface area contributed by atoms with E-state index in [1.807, 2.05) is 24.3 Å². The number of rotatable bonds is 4. The summed E-state index contributed by atoms with van der Waals surface area (Å²) in [6, 6.07) is 3.75. The van der Waals surface area contributed by atoms with Crippen molar-refractivity contribution in [3.63, 3.8) is 0 Å². The summed E-state index contributed by atoms with van der Waals surface area (Å²) in [5.74, 6) is 1.51. The summed E-state index contributed by atoms with van der Waals surface area (Å²) in [5, 5.41) is 7.54. The van der Waals surface area contributed by atoms with Crippen LogP contribution in [0.4, 0.5) is 5.00 Å². The summed E-state index contributed by atoms with van der Waals surface area (Å²) in [6.07, 6.45) is 9.72. The molecule has 0 fully saturated rings. The molecule has 0 spiro atoms. The zero-order valence-electron chi connectivity index (χ0n) is 15.6. The minimum absolute atomic E-state index is 0.0403. The minimum Gasteiger partial charge on any atom is -0.465 e. The predicted molar refractivity (Wildman–Crippen MR) is 107 cm³/mol. The lowest BCUT2D eigenvalue weighted by Crippen LogP contribution is -2.43. The van der Waals surface area contributed by atoms with Gasteiger partial charge in [-0.15, -0.1) is 11.3 Å². The molecule has 1 amide bonds. The van der Waals surface area contributed by atoms with E-state index in [0.717, 1.165) is 29.2 Å². The van der Waals surface area contributed by atoms with E-state index in [4.69, 9.17) is 4.42 Å². The molecule has 4 nitrogen and oxygen atoms in total. The molecular weight excluding hydrogens is 344 g/mol. The Morgan fingerprint density at radius 2 is 2.23 bits per heavy atom. The highest BCUT2D eigenvalue weighted by atomic mass is 32.1. The van der Waals surface area contributed by atoms with Crippen molar-refractivity contribution >= 4 is 28.3 Å². The molecule has 2 N–H and O–H groups in total. The van der Waals surface area contributed by atoms with Crippen LogP contribution in [0.25, 0.3) is 6.08 Å². The van der Waals surface area contributed by atoms with Gasteiger partial charge in [-0.1, -0.05) is 27.2 Å². The Morgan fingerprint density at radius 3 is 2.96 bits per heavy atom. The maximum Gasteiger partial charge on any atom is 0.256 e. The summed E-state index contributed by atoms with van der Waals surface area (Å²) in [5.41, 5.74) is 2.50. The first-order chi connectivity index (χ1) is 12.5. The van der Waals surface area contributed by atoms with Crippen molar-refractivity contribution in [3.8, 4) is 0 Å². The van der Waals surface area contributed by atoms with Gasteiger partial charge < -0.3 is 15.1 Å². The van der Waals surface area contributed by atoms with Gasteiger partial charge in [-0.3, -0.25) is 4.79 Å². The molecule has 0 saturated carbocycles. The van der Waals surface area contributed by atoms with Crippen LogP contribution in [-0.2, 0) is 12.8 Å². The van der Waals surface area contributed by atoms with Crippen LogP contribution in [0, 0.1) is 11.3 Å². The number of thiophene rings is 1. The van der Waals surface area contributed by atoms with Crippen LogP contribution in [0.1, 0.15) is 60.2 Å². The number of furan rings is 1. The highest BCUT2D eigenvalue weighted by Crippen LogP contribution is 2.46. The molecule has 1 aliphatic carbocycles. The molecule has 0 aromatic carbocycles. The molecule has 1 aliphatic heterocycles. The fourth-order valence-corrected chi connectivity index (χ4v) is 5.31. The van der Waals surface area contributed by atoms with Crippen LogP contribution in [0.5, 0.6) is 0 Å². The quantitative estimate of drug-likeness (QED) is 0.789. The Labute approximate surface area is 158 Å². The molecule has 0 bridgehead atoms. The average molecular weight is 371 g/mol. The lowest BCUT2D eigenvalue weighted by atomic mass is 9.69. The van der Waals surface area contributed by atoms with Gasteiger partial charge >= 0.3 is 0 Å². The molecule has 26 heavy (non-hydrogen) atoms. The molecule has 3 heterocycles. The Balaban J connectivity index is 1.56. The van der Waals surface area contributed by atoms with Crippen LogP contribution < -0.4 is 10.6 Å². The van der Waals surface area contributed by atoms with Gasteiger partial charge in [0.2, 0.25) is 0 Å². The number of hydrogen-bond donors (Lipinski definition) is 2. The lowest BCUT2D eigenvalue weighted by Gasteiger charge is -2.36. The van der Waals surface area contributed by atoms with E-state index < -0.39 is 0 Å². The molecule has 2 aromatic rings. The second kappa shape index (κ2) is 6.62. The molecule has 2 atom stereocenters. The summed E-state index contributed by atoms with van der Waals surface area (Å²) < 4.78 is 5.32. The summed E-state index contributed by atoms with van der Waals surface area (Å²) in [7, 11) is 0. The van der Waals surface area contributed by atoms with Gasteiger partial charge in [0.25, 0.3) is 5.91 Å². The number of anilines is 1. The molecule has 2 aromatic heterocycles. The van der Waals surface area contributed by atoms with E-state index in [2.05, 4.69) is 31.4 Å². The molecule has 5 heteroatoms. The first-order valence-electron chi connectivity index (χ1n) is 9.41. The van der Waals surface area contributed by atoms with Crippen LogP contribution in [-0.4, -0.2) is 12.1 Å². The SMILES string of the molecule is CCC(C)(C)[C@H]1CCc2c(sc3c2C(=O)N[C@@H](/C=C/c2ccco2)N3)C1. The molecule has 0 saturated heterocycles. The molecule has 0 radical (unpaired) electrons. The van der Waals surface area contributed by atoms with Crippen LogP contribution in [0.2, 0.25) is 0 Å². The van der Waals surface area contributed by atoms with Crippen molar-refractivity contribution < 1.29 is 9.21 Å². The maximum absolute atomic E-state index is 12.7. The lowest BCUT2D eigenvalue weighted by molar-refractivity contribution is 0.0942.